The predicted molar refractivity (Wildman–Crippen MR) is 60.9 cm³/mol. The van der Waals surface area contributed by atoms with Crippen LogP contribution >= 0.6 is 0 Å². The Balaban J connectivity index is 2.45. The highest BCUT2D eigenvalue weighted by Crippen LogP contribution is 2.35. The van der Waals surface area contributed by atoms with Gasteiger partial charge in [0.15, 0.2) is 0 Å². The Bertz CT molecular complexity index is 226. The van der Waals surface area contributed by atoms with E-state index in [1.165, 1.54) is 25.7 Å². The number of hydrogen-bond acceptors (Lipinski definition) is 2. The van der Waals surface area contributed by atoms with Crippen molar-refractivity contribution in [3.63, 3.8) is 0 Å². The lowest BCUT2D eigenvalue weighted by Gasteiger charge is -2.28. The minimum atomic E-state index is 0.185. The van der Waals surface area contributed by atoms with Crippen LogP contribution in [0.15, 0.2) is 0 Å². The standard InChI is InChI=1S/C12H22N2/c1-3-5-8-14-12(10-13)7-6-11(4-2)9-12/h11,14H,4,6-10,13H2,1-2H3. The molecule has 1 fully saturated rings. The molecule has 2 atom stereocenters. The lowest BCUT2D eigenvalue weighted by Crippen LogP contribution is -2.49. The summed E-state index contributed by atoms with van der Waals surface area (Å²) in [6.07, 6.45) is 5.04. The van der Waals surface area contributed by atoms with Gasteiger partial charge in [-0.25, -0.2) is 0 Å². The third kappa shape index (κ3) is 2.73. The molecule has 1 aliphatic carbocycles. The van der Waals surface area contributed by atoms with Crippen LogP contribution in [0.3, 0.4) is 0 Å². The fourth-order valence-electron chi connectivity index (χ4n) is 2.32. The molecule has 0 aromatic rings. The number of hydrogen-bond donors (Lipinski definition) is 2. The first-order valence-corrected chi connectivity index (χ1v) is 5.61. The maximum atomic E-state index is 5.86. The fraction of sp³-hybridized carbons (Fsp3) is 0.833. The van der Waals surface area contributed by atoms with Gasteiger partial charge in [0.2, 0.25) is 0 Å². The summed E-state index contributed by atoms with van der Waals surface area (Å²) in [5.41, 5.74) is 6.04. The molecule has 0 heterocycles. The van der Waals surface area contributed by atoms with Gasteiger partial charge in [0.05, 0.1) is 6.54 Å². The van der Waals surface area contributed by atoms with Gasteiger partial charge in [-0.3, -0.25) is 5.32 Å². The highest BCUT2D eigenvalue weighted by atomic mass is 15.0. The minimum absolute atomic E-state index is 0.185. The third-order valence-corrected chi connectivity index (χ3v) is 3.41. The van der Waals surface area contributed by atoms with Crippen LogP contribution in [-0.4, -0.2) is 18.6 Å². The molecule has 0 spiro atoms. The summed E-state index contributed by atoms with van der Waals surface area (Å²) in [6.45, 7) is 5.67. The first kappa shape index (κ1) is 11.6. The normalized spacial score (nSPS) is 31.2. The molecule has 80 valence electrons. The van der Waals surface area contributed by atoms with Crippen molar-refractivity contribution in [2.45, 2.75) is 45.1 Å². The Kier molecular flexibility index (Phi) is 4.44. The van der Waals surface area contributed by atoms with Crippen LogP contribution in [0.2, 0.25) is 0 Å². The van der Waals surface area contributed by atoms with Crippen LogP contribution in [0.1, 0.15) is 39.5 Å². The Morgan fingerprint density at radius 1 is 1.57 bits per heavy atom. The summed E-state index contributed by atoms with van der Waals surface area (Å²) in [5.74, 6) is 6.82. The fourth-order valence-corrected chi connectivity index (χ4v) is 2.32. The molecular weight excluding hydrogens is 172 g/mol. The molecule has 3 N–H and O–H groups in total. The van der Waals surface area contributed by atoms with Gasteiger partial charge in [0, 0.05) is 12.1 Å². The number of rotatable bonds is 4. The first-order chi connectivity index (χ1) is 6.76. The molecule has 0 amide bonds. The van der Waals surface area contributed by atoms with Crippen LogP contribution in [0, 0.1) is 17.8 Å². The largest absolute Gasteiger partial charge is 0.329 e. The van der Waals surface area contributed by atoms with E-state index in [1.54, 1.807) is 0 Å². The SMILES string of the molecule is CC#CCNC1(CN)CCC(CC)C1. The van der Waals surface area contributed by atoms with E-state index in [2.05, 4.69) is 24.1 Å². The average molecular weight is 194 g/mol. The zero-order valence-corrected chi connectivity index (χ0v) is 9.40. The van der Waals surface area contributed by atoms with Crippen molar-refractivity contribution >= 4 is 0 Å². The van der Waals surface area contributed by atoms with Gasteiger partial charge in [-0.1, -0.05) is 19.3 Å². The molecule has 0 aliphatic heterocycles. The summed E-state index contributed by atoms with van der Waals surface area (Å²) in [5, 5.41) is 3.51. The zero-order valence-electron chi connectivity index (χ0n) is 9.40. The number of nitrogens with one attached hydrogen (secondary N) is 1. The quantitative estimate of drug-likeness (QED) is 0.666. The molecule has 0 aromatic heterocycles. The Morgan fingerprint density at radius 2 is 2.36 bits per heavy atom. The van der Waals surface area contributed by atoms with Crippen molar-refractivity contribution in [2.75, 3.05) is 13.1 Å². The van der Waals surface area contributed by atoms with Gasteiger partial charge in [-0.2, -0.15) is 0 Å². The molecule has 14 heavy (non-hydrogen) atoms. The number of nitrogens with two attached hydrogens (primary N) is 1. The van der Waals surface area contributed by atoms with E-state index in [1.807, 2.05) is 6.92 Å². The van der Waals surface area contributed by atoms with E-state index in [0.29, 0.717) is 0 Å². The van der Waals surface area contributed by atoms with Crippen molar-refractivity contribution in [1.82, 2.24) is 5.32 Å². The molecule has 2 nitrogen and oxygen atoms in total. The summed E-state index contributed by atoms with van der Waals surface area (Å²) < 4.78 is 0. The van der Waals surface area contributed by atoms with Gasteiger partial charge in [-0.05, 0) is 32.1 Å². The predicted octanol–water partition coefficient (Wildman–Crippen LogP) is 1.51. The Morgan fingerprint density at radius 3 is 2.86 bits per heavy atom. The second-order valence-corrected chi connectivity index (χ2v) is 4.28. The molecule has 0 aromatic carbocycles. The molecule has 0 bridgehead atoms. The topological polar surface area (TPSA) is 38.0 Å². The maximum absolute atomic E-state index is 5.86. The minimum Gasteiger partial charge on any atom is -0.329 e. The van der Waals surface area contributed by atoms with Crippen LogP contribution in [-0.2, 0) is 0 Å². The highest BCUT2D eigenvalue weighted by molar-refractivity contribution is 5.03. The van der Waals surface area contributed by atoms with E-state index < -0.39 is 0 Å². The molecule has 0 saturated heterocycles. The van der Waals surface area contributed by atoms with E-state index >= 15 is 0 Å². The van der Waals surface area contributed by atoms with Gasteiger partial charge >= 0.3 is 0 Å². The lowest BCUT2D eigenvalue weighted by molar-refractivity contribution is 0.341. The van der Waals surface area contributed by atoms with Crippen molar-refractivity contribution in [1.29, 1.82) is 0 Å². The Labute approximate surface area is 87.6 Å². The second kappa shape index (κ2) is 5.38. The average Bonchev–Trinajstić information content (AvgIpc) is 2.63. The van der Waals surface area contributed by atoms with Crippen LogP contribution in [0.5, 0.6) is 0 Å². The second-order valence-electron chi connectivity index (χ2n) is 4.28. The monoisotopic (exact) mass is 194 g/mol. The summed E-state index contributed by atoms with van der Waals surface area (Å²) in [4.78, 5) is 0. The van der Waals surface area contributed by atoms with E-state index in [4.69, 9.17) is 5.73 Å². The van der Waals surface area contributed by atoms with Crippen LogP contribution < -0.4 is 11.1 Å². The molecule has 1 saturated carbocycles. The van der Waals surface area contributed by atoms with Gasteiger partial charge in [0.1, 0.15) is 0 Å². The zero-order chi connectivity index (χ0) is 10.4. The molecule has 2 heteroatoms. The third-order valence-electron chi connectivity index (χ3n) is 3.41. The van der Waals surface area contributed by atoms with Crippen LogP contribution in [0.25, 0.3) is 0 Å². The van der Waals surface area contributed by atoms with Gasteiger partial charge in [0.25, 0.3) is 0 Å². The van der Waals surface area contributed by atoms with Crippen LogP contribution in [0.4, 0.5) is 0 Å². The summed E-state index contributed by atoms with van der Waals surface area (Å²) >= 11 is 0. The van der Waals surface area contributed by atoms with Crippen molar-refractivity contribution in [3.05, 3.63) is 0 Å². The van der Waals surface area contributed by atoms with E-state index in [-0.39, 0.29) is 5.54 Å². The van der Waals surface area contributed by atoms with Gasteiger partial charge < -0.3 is 5.73 Å². The van der Waals surface area contributed by atoms with Gasteiger partial charge in [-0.15, -0.1) is 5.92 Å². The lowest BCUT2D eigenvalue weighted by atomic mass is 9.95. The summed E-state index contributed by atoms with van der Waals surface area (Å²) in [6, 6.07) is 0. The molecular formula is C12H22N2. The molecule has 2 unspecified atom stereocenters. The van der Waals surface area contributed by atoms with Crippen molar-refractivity contribution < 1.29 is 0 Å². The smallest absolute Gasteiger partial charge is 0.0581 e. The molecule has 1 rings (SSSR count). The highest BCUT2D eigenvalue weighted by Gasteiger charge is 2.36. The first-order valence-electron chi connectivity index (χ1n) is 5.61. The maximum Gasteiger partial charge on any atom is 0.0581 e. The van der Waals surface area contributed by atoms with E-state index in [0.717, 1.165) is 19.0 Å². The van der Waals surface area contributed by atoms with Crippen molar-refractivity contribution in [2.24, 2.45) is 11.7 Å². The van der Waals surface area contributed by atoms with E-state index in [9.17, 15) is 0 Å². The van der Waals surface area contributed by atoms with Crippen molar-refractivity contribution in [3.8, 4) is 11.8 Å². The summed E-state index contributed by atoms with van der Waals surface area (Å²) in [7, 11) is 0. The molecule has 0 radical (unpaired) electrons. The Hall–Kier alpha value is -0.520. The molecule has 1 aliphatic rings.